The number of halogens is 1. The van der Waals surface area contributed by atoms with Crippen molar-refractivity contribution in [2.45, 2.75) is 64.6 Å². The molecule has 2 N–H and O–H groups in total. The first-order valence-electron chi connectivity index (χ1n) is 10.4. The number of aryl methyl sites for hydroxylation is 1. The molecule has 1 atom stereocenters. The topological polar surface area (TPSA) is 79.6 Å². The number of likely N-dealkylation sites (tertiary alicyclic amines) is 1. The van der Waals surface area contributed by atoms with Gasteiger partial charge in [-0.2, -0.15) is 0 Å². The van der Waals surface area contributed by atoms with E-state index < -0.39 is 0 Å². The van der Waals surface area contributed by atoms with Crippen molar-refractivity contribution < 1.29 is 4.74 Å². The Morgan fingerprint density at radius 2 is 2.04 bits per heavy atom. The van der Waals surface area contributed by atoms with Crippen molar-refractivity contribution in [3.05, 3.63) is 11.6 Å². The van der Waals surface area contributed by atoms with Crippen LogP contribution in [0.15, 0.2) is 4.99 Å². The van der Waals surface area contributed by atoms with E-state index in [1.165, 1.54) is 13.0 Å². The van der Waals surface area contributed by atoms with E-state index in [0.29, 0.717) is 18.7 Å². The normalized spacial score (nSPS) is 21.5. The molecule has 0 aliphatic carbocycles. The molecule has 1 aromatic rings. The van der Waals surface area contributed by atoms with Crippen molar-refractivity contribution in [1.82, 2.24) is 30.3 Å². The Balaban J connectivity index is 0.00000280. The summed E-state index contributed by atoms with van der Waals surface area (Å²) in [5, 5.41) is 15.5. The van der Waals surface area contributed by atoms with Crippen molar-refractivity contribution in [2.75, 3.05) is 32.8 Å². The first kappa shape index (κ1) is 23.3. The van der Waals surface area contributed by atoms with Crippen LogP contribution in [-0.2, 0) is 18.3 Å². The predicted molar refractivity (Wildman–Crippen MR) is 122 cm³/mol. The fraction of sp³-hybridized carbons (Fsp3) is 0.842. The summed E-state index contributed by atoms with van der Waals surface area (Å²) in [6.45, 7) is 9.93. The highest BCUT2D eigenvalue weighted by atomic mass is 127. The van der Waals surface area contributed by atoms with Crippen LogP contribution in [0.25, 0.3) is 0 Å². The van der Waals surface area contributed by atoms with Gasteiger partial charge in [0.05, 0.1) is 6.10 Å². The lowest BCUT2D eigenvalue weighted by Crippen LogP contribution is -2.50. The summed E-state index contributed by atoms with van der Waals surface area (Å²) < 4.78 is 7.73. The maximum absolute atomic E-state index is 5.74. The Morgan fingerprint density at radius 1 is 1.25 bits per heavy atom. The summed E-state index contributed by atoms with van der Waals surface area (Å²) in [5.41, 5.74) is 0. The molecule has 1 aromatic heterocycles. The van der Waals surface area contributed by atoms with Gasteiger partial charge in [0.2, 0.25) is 0 Å². The molecule has 2 aliphatic rings. The fourth-order valence-electron chi connectivity index (χ4n) is 3.72. The van der Waals surface area contributed by atoms with Crippen molar-refractivity contribution in [3.63, 3.8) is 0 Å². The molecule has 160 valence electrons. The number of rotatable bonds is 7. The van der Waals surface area contributed by atoms with E-state index in [9.17, 15) is 0 Å². The van der Waals surface area contributed by atoms with Gasteiger partial charge >= 0.3 is 0 Å². The third kappa shape index (κ3) is 6.84. The molecule has 0 amide bonds. The molecule has 2 saturated heterocycles. The van der Waals surface area contributed by atoms with Gasteiger partial charge in [-0.25, -0.2) is 4.99 Å². The SMILES string of the molecule is CCCN1CCC(NC(=NCc2nnc(C)n2C)NCC2CCCO2)CC1.I. The first-order valence-corrected chi connectivity index (χ1v) is 10.4. The van der Waals surface area contributed by atoms with Crippen molar-refractivity contribution in [1.29, 1.82) is 0 Å². The molecular formula is C19H36IN7O. The summed E-state index contributed by atoms with van der Waals surface area (Å²) in [5.74, 6) is 2.65. The van der Waals surface area contributed by atoms with Gasteiger partial charge in [-0.3, -0.25) is 0 Å². The first-order chi connectivity index (χ1) is 13.2. The van der Waals surface area contributed by atoms with Crippen molar-refractivity contribution in [2.24, 2.45) is 12.0 Å². The maximum Gasteiger partial charge on any atom is 0.192 e. The van der Waals surface area contributed by atoms with Crippen LogP contribution < -0.4 is 10.6 Å². The van der Waals surface area contributed by atoms with E-state index >= 15 is 0 Å². The van der Waals surface area contributed by atoms with Gasteiger partial charge in [-0.15, -0.1) is 34.2 Å². The lowest BCUT2D eigenvalue weighted by Gasteiger charge is -2.33. The average Bonchev–Trinajstić information content (AvgIpc) is 3.30. The molecule has 0 spiro atoms. The van der Waals surface area contributed by atoms with E-state index in [0.717, 1.165) is 69.5 Å². The van der Waals surface area contributed by atoms with E-state index in [-0.39, 0.29) is 24.0 Å². The number of hydrogen-bond donors (Lipinski definition) is 2. The fourth-order valence-corrected chi connectivity index (χ4v) is 3.72. The summed E-state index contributed by atoms with van der Waals surface area (Å²) in [6.07, 6.45) is 6.11. The second kappa shape index (κ2) is 11.9. The van der Waals surface area contributed by atoms with Crippen LogP contribution in [0.5, 0.6) is 0 Å². The molecule has 9 heteroatoms. The molecule has 3 rings (SSSR count). The Hall–Kier alpha value is -0.940. The Morgan fingerprint density at radius 3 is 2.64 bits per heavy atom. The minimum atomic E-state index is 0. The highest BCUT2D eigenvalue weighted by Gasteiger charge is 2.21. The number of piperidine rings is 1. The van der Waals surface area contributed by atoms with Crippen LogP contribution >= 0.6 is 24.0 Å². The molecule has 0 radical (unpaired) electrons. The molecule has 0 bridgehead atoms. The minimum absolute atomic E-state index is 0. The van der Waals surface area contributed by atoms with Gasteiger partial charge in [0.15, 0.2) is 11.8 Å². The van der Waals surface area contributed by atoms with Crippen molar-refractivity contribution in [3.8, 4) is 0 Å². The Kier molecular flexibility index (Phi) is 9.93. The minimum Gasteiger partial charge on any atom is -0.376 e. The molecule has 1 unspecified atom stereocenters. The quantitative estimate of drug-likeness (QED) is 0.335. The number of hydrogen-bond acceptors (Lipinski definition) is 5. The van der Waals surface area contributed by atoms with Crippen LogP contribution in [0.3, 0.4) is 0 Å². The number of aromatic nitrogens is 3. The number of nitrogens with one attached hydrogen (secondary N) is 2. The molecule has 3 heterocycles. The number of nitrogens with zero attached hydrogens (tertiary/aromatic N) is 5. The smallest absolute Gasteiger partial charge is 0.192 e. The van der Waals surface area contributed by atoms with E-state index in [4.69, 9.17) is 9.73 Å². The second-order valence-electron chi connectivity index (χ2n) is 7.66. The molecule has 2 fully saturated rings. The monoisotopic (exact) mass is 505 g/mol. The summed E-state index contributed by atoms with van der Waals surface area (Å²) in [4.78, 5) is 7.33. The number of ether oxygens (including phenoxy) is 1. The van der Waals surface area contributed by atoms with Gasteiger partial charge in [0, 0.05) is 39.3 Å². The van der Waals surface area contributed by atoms with E-state index in [1.54, 1.807) is 0 Å². The van der Waals surface area contributed by atoms with Gasteiger partial charge < -0.3 is 24.8 Å². The van der Waals surface area contributed by atoms with Gasteiger partial charge in [0.25, 0.3) is 0 Å². The number of guanidine groups is 1. The average molecular weight is 505 g/mol. The Bertz CT molecular complexity index is 607. The molecule has 2 aliphatic heterocycles. The van der Waals surface area contributed by atoms with Crippen LogP contribution in [-0.4, -0.2) is 70.6 Å². The molecule has 0 aromatic carbocycles. The number of aliphatic imine (C=N–C) groups is 1. The second-order valence-corrected chi connectivity index (χ2v) is 7.66. The van der Waals surface area contributed by atoms with Crippen LogP contribution in [0.2, 0.25) is 0 Å². The Labute approximate surface area is 185 Å². The van der Waals surface area contributed by atoms with Gasteiger partial charge in [0.1, 0.15) is 12.4 Å². The molecule has 28 heavy (non-hydrogen) atoms. The standard InChI is InChI=1S/C19H35N7O.HI/c1-4-9-26-10-7-16(8-11-26)22-19(20-13-17-6-5-12-27-17)21-14-18-24-23-15(2)25(18)3;/h16-17H,4-14H2,1-3H3,(H2,20,21,22);1H. The van der Waals surface area contributed by atoms with Crippen LogP contribution in [0, 0.1) is 6.92 Å². The zero-order valence-electron chi connectivity index (χ0n) is 17.5. The van der Waals surface area contributed by atoms with Gasteiger partial charge in [-0.1, -0.05) is 6.92 Å². The predicted octanol–water partition coefficient (Wildman–Crippen LogP) is 1.83. The molecular weight excluding hydrogens is 469 g/mol. The third-order valence-corrected chi connectivity index (χ3v) is 5.55. The lowest BCUT2D eigenvalue weighted by atomic mass is 10.1. The highest BCUT2D eigenvalue weighted by Crippen LogP contribution is 2.12. The van der Waals surface area contributed by atoms with Gasteiger partial charge in [-0.05, 0) is 45.6 Å². The molecule has 0 saturated carbocycles. The zero-order valence-corrected chi connectivity index (χ0v) is 19.8. The maximum atomic E-state index is 5.74. The highest BCUT2D eigenvalue weighted by molar-refractivity contribution is 14.0. The summed E-state index contributed by atoms with van der Waals surface area (Å²) >= 11 is 0. The van der Waals surface area contributed by atoms with E-state index in [2.05, 4.69) is 32.7 Å². The summed E-state index contributed by atoms with van der Waals surface area (Å²) in [7, 11) is 1.98. The zero-order chi connectivity index (χ0) is 19.1. The van der Waals surface area contributed by atoms with Crippen LogP contribution in [0.4, 0.5) is 0 Å². The largest absolute Gasteiger partial charge is 0.376 e. The van der Waals surface area contributed by atoms with Crippen molar-refractivity contribution >= 4 is 29.9 Å². The van der Waals surface area contributed by atoms with Crippen LogP contribution in [0.1, 0.15) is 50.7 Å². The van der Waals surface area contributed by atoms with E-state index in [1.807, 2.05) is 18.5 Å². The summed E-state index contributed by atoms with van der Waals surface area (Å²) in [6, 6.07) is 0.468. The molecule has 8 nitrogen and oxygen atoms in total. The lowest BCUT2D eigenvalue weighted by molar-refractivity contribution is 0.113. The third-order valence-electron chi connectivity index (χ3n) is 5.55.